The predicted molar refractivity (Wildman–Crippen MR) is 89.1 cm³/mol. The van der Waals surface area contributed by atoms with Crippen molar-refractivity contribution in [3.8, 4) is 5.75 Å². The van der Waals surface area contributed by atoms with Crippen molar-refractivity contribution in [2.75, 3.05) is 5.32 Å². The zero-order valence-corrected chi connectivity index (χ0v) is 14.0. The van der Waals surface area contributed by atoms with Gasteiger partial charge in [-0.1, -0.05) is 33.6 Å². The first kappa shape index (κ1) is 15.9. The number of benzene rings is 2. The summed E-state index contributed by atoms with van der Waals surface area (Å²) >= 11 is 9.41. The van der Waals surface area contributed by atoms with Gasteiger partial charge in [0.25, 0.3) is 5.91 Å². The normalized spacial score (nSPS) is 11.8. The third-order valence-corrected chi connectivity index (χ3v) is 3.71. The van der Waals surface area contributed by atoms with E-state index in [0.717, 1.165) is 10.0 Å². The molecule has 0 saturated heterocycles. The molecule has 2 aromatic rings. The first-order valence-electron chi connectivity index (χ1n) is 6.45. The number of aryl methyl sites for hydroxylation is 1. The molecule has 3 nitrogen and oxygen atoms in total. The minimum Gasteiger partial charge on any atom is -0.479 e. The molecule has 0 aromatic heterocycles. The number of rotatable bonds is 4. The summed E-state index contributed by atoms with van der Waals surface area (Å²) in [5, 5.41) is 3.29. The molecule has 0 aliphatic rings. The average molecular weight is 369 g/mol. The van der Waals surface area contributed by atoms with Gasteiger partial charge < -0.3 is 10.1 Å². The second kappa shape index (κ2) is 6.96. The molecule has 0 spiro atoms. The van der Waals surface area contributed by atoms with Crippen LogP contribution in [0.3, 0.4) is 0 Å². The molecule has 2 aromatic carbocycles. The maximum atomic E-state index is 12.1. The Balaban J connectivity index is 2.02. The van der Waals surface area contributed by atoms with E-state index < -0.39 is 6.10 Å². The summed E-state index contributed by atoms with van der Waals surface area (Å²) in [6.07, 6.45) is -0.645. The van der Waals surface area contributed by atoms with Gasteiger partial charge in [0, 0.05) is 10.2 Å². The third kappa shape index (κ3) is 4.48. The minimum atomic E-state index is -0.645. The number of halogens is 2. The van der Waals surface area contributed by atoms with E-state index in [1.165, 1.54) is 0 Å². The van der Waals surface area contributed by atoms with Gasteiger partial charge in [0.15, 0.2) is 6.10 Å². The van der Waals surface area contributed by atoms with Gasteiger partial charge in [-0.3, -0.25) is 4.79 Å². The molecular formula is C16H15BrClNO2. The van der Waals surface area contributed by atoms with Crippen LogP contribution in [0.25, 0.3) is 0 Å². The second-order valence-corrected chi connectivity index (χ2v) is 6.01. The molecule has 5 heteroatoms. The Labute approximate surface area is 137 Å². The summed E-state index contributed by atoms with van der Waals surface area (Å²) < 4.78 is 6.59. The van der Waals surface area contributed by atoms with Crippen LogP contribution in [0.4, 0.5) is 5.69 Å². The van der Waals surface area contributed by atoms with Crippen LogP contribution in [0.2, 0.25) is 5.02 Å². The lowest BCUT2D eigenvalue weighted by atomic mass is 10.2. The van der Waals surface area contributed by atoms with Crippen molar-refractivity contribution in [2.24, 2.45) is 0 Å². The number of hydrogen-bond donors (Lipinski definition) is 1. The van der Waals surface area contributed by atoms with E-state index in [4.69, 9.17) is 16.3 Å². The van der Waals surface area contributed by atoms with Crippen LogP contribution < -0.4 is 10.1 Å². The number of carbonyl (C=O) groups excluding carboxylic acids is 1. The fraction of sp³-hybridized carbons (Fsp3) is 0.188. The van der Waals surface area contributed by atoms with E-state index in [2.05, 4.69) is 21.2 Å². The Morgan fingerprint density at radius 2 is 1.90 bits per heavy atom. The number of carbonyl (C=O) groups is 1. The van der Waals surface area contributed by atoms with Crippen molar-refractivity contribution < 1.29 is 9.53 Å². The molecule has 0 saturated carbocycles. The summed E-state index contributed by atoms with van der Waals surface area (Å²) in [4.78, 5) is 12.1. The van der Waals surface area contributed by atoms with Gasteiger partial charge >= 0.3 is 0 Å². The smallest absolute Gasteiger partial charge is 0.265 e. The first-order chi connectivity index (χ1) is 9.95. The lowest BCUT2D eigenvalue weighted by Gasteiger charge is -2.16. The second-order valence-electron chi connectivity index (χ2n) is 4.69. The molecular weight excluding hydrogens is 354 g/mol. The molecule has 0 radical (unpaired) electrons. The van der Waals surface area contributed by atoms with Gasteiger partial charge in [0.1, 0.15) is 5.75 Å². The van der Waals surface area contributed by atoms with Crippen molar-refractivity contribution in [3.05, 3.63) is 57.5 Å². The van der Waals surface area contributed by atoms with Gasteiger partial charge in [0.2, 0.25) is 0 Å². The standard InChI is InChI=1S/C16H15BrClNO2/c1-10-3-8-14(18)15(9-10)21-11(2)16(20)19-13-6-4-12(17)5-7-13/h3-9,11H,1-2H3,(H,19,20)/t11-/m1/s1. The lowest BCUT2D eigenvalue weighted by Crippen LogP contribution is -2.30. The fourth-order valence-corrected chi connectivity index (χ4v) is 2.15. The zero-order chi connectivity index (χ0) is 15.4. The fourth-order valence-electron chi connectivity index (χ4n) is 1.72. The molecule has 0 unspecified atom stereocenters. The van der Waals surface area contributed by atoms with E-state index in [-0.39, 0.29) is 5.91 Å². The molecule has 1 atom stereocenters. The topological polar surface area (TPSA) is 38.3 Å². The van der Waals surface area contributed by atoms with Crippen molar-refractivity contribution in [1.29, 1.82) is 0 Å². The molecule has 110 valence electrons. The molecule has 1 N–H and O–H groups in total. The molecule has 0 aliphatic carbocycles. The van der Waals surface area contributed by atoms with Crippen LogP contribution in [-0.2, 0) is 4.79 Å². The summed E-state index contributed by atoms with van der Waals surface area (Å²) in [5.41, 5.74) is 1.74. The summed E-state index contributed by atoms with van der Waals surface area (Å²) in [5.74, 6) is 0.282. The highest BCUT2D eigenvalue weighted by Crippen LogP contribution is 2.26. The Kier molecular flexibility index (Phi) is 5.26. The van der Waals surface area contributed by atoms with E-state index in [1.807, 2.05) is 43.3 Å². The number of ether oxygens (including phenoxy) is 1. The van der Waals surface area contributed by atoms with Crippen molar-refractivity contribution >= 4 is 39.1 Å². The summed E-state index contributed by atoms with van der Waals surface area (Å²) in [7, 11) is 0. The molecule has 0 heterocycles. The van der Waals surface area contributed by atoms with Crippen LogP contribution in [0.5, 0.6) is 5.75 Å². The minimum absolute atomic E-state index is 0.227. The number of hydrogen-bond acceptors (Lipinski definition) is 2. The van der Waals surface area contributed by atoms with Crippen LogP contribution in [0, 0.1) is 6.92 Å². The highest BCUT2D eigenvalue weighted by atomic mass is 79.9. The predicted octanol–water partition coefficient (Wildman–Crippen LogP) is 4.82. The number of nitrogens with one attached hydrogen (secondary N) is 1. The van der Waals surface area contributed by atoms with Crippen molar-refractivity contribution in [1.82, 2.24) is 0 Å². The van der Waals surface area contributed by atoms with Gasteiger partial charge in [-0.05, 0) is 55.8 Å². The average Bonchev–Trinajstić information content (AvgIpc) is 2.45. The number of amides is 1. The Hall–Kier alpha value is -1.52. The molecule has 0 aliphatic heterocycles. The molecule has 0 fully saturated rings. The van der Waals surface area contributed by atoms with Gasteiger partial charge in [-0.2, -0.15) is 0 Å². The van der Waals surface area contributed by atoms with Gasteiger partial charge in [-0.15, -0.1) is 0 Å². The molecule has 0 bridgehead atoms. The maximum absolute atomic E-state index is 12.1. The monoisotopic (exact) mass is 367 g/mol. The first-order valence-corrected chi connectivity index (χ1v) is 7.62. The van der Waals surface area contributed by atoms with E-state index in [0.29, 0.717) is 16.5 Å². The van der Waals surface area contributed by atoms with Crippen LogP contribution in [-0.4, -0.2) is 12.0 Å². The van der Waals surface area contributed by atoms with Crippen molar-refractivity contribution in [3.63, 3.8) is 0 Å². The van der Waals surface area contributed by atoms with Gasteiger partial charge in [0.05, 0.1) is 5.02 Å². The van der Waals surface area contributed by atoms with Crippen LogP contribution >= 0.6 is 27.5 Å². The highest BCUT2D eigenvalue weighted by Gasteiger charge is 2.16. The largest absolute Gasteiger partial charge is 0.479 e. The Morgan fingerprint density at radius 3 is 2.57 bits per heavy atom. The van der Waals surface area contributed by atoms with Gasteiger partial charge in [-0.25, -0.2) is 0 Å². The van der Waals surface area contributed by atoms with E-state index in [9.17, 15) is 4.79 Å². The zero-order valence-electron chi connectivity index (χ0n) is 11.7. The van der Waals surface area contributed by atoms with Crippen molar-refractivity contribution in [2.45, 2.75) is 20.0 Å². The van der Waals surface area contributed by atoms with Crippen LogP contribution in [0.1, 0.15) is 12.5 Å². The maximum Gasteiger partial charge on any atom is 0.265 e. The van der Waals surface area contributed by atoms with E-state index in [1.54, 1.807) is 13.0 Å². The summed E-state index contributed by atoms with van der Waals surface area (Å²) in [6.45, 7) is 3.63. The quantitative estimate of drug-likeness (QED) is 0.840. The molecule has 2 rings (SSSR count). The van der Waals surface area contributed by atoms with E-state index >= 15 is 0 Å². The highest BCUT2D eigenvalue weighted by molar-refractivity contribution is 9.10. The molecule has 1 amide bonds. The Bertz CT molecular complexity index is 643. The molecule has 21 heavy (non-hydrogen) atoms. The lowest BCUT2D eigenvalue weighted by molar-refractivity contribution is -0.122. The number of anilines is 1. The third-order valence-electron chi connectivity index (χ3n) is 2.87. The van der Waals surface area contributed by atoms with Crippen LogP contribution in [0.15, 0.2) is 46.9 Å². The summed E-state index contributed by atoms with van der Waals surface area (Å²) in [6, 6.07) is 12.8. The Morgan fingerprint density at radius 1 is 1.24 bits per heavy atom. The SMILES string of the molecule is Cc1ccc(Cl)c(O[C@H](C)C(=O)Nc2ccc(Br)cc2)c1.